The van der Waals surface area contributed by atoms with Crippen LogP contribution in [0.5, 0.6) is 0 Å². The van der Waals surface area contributed by atoms with E-state index >= 15 is 0 Å². The van der Waals surface area contributed by atoms with Crippen molar-refractivity contribution in [1.82, 2.24) is 4.98 Å². The second kappa shape index (κ2) is 8.75. The molecule has 26 heavy (non-hydrogen) atoms. The first-order valence-electron chi connectivity index (χ1n) is 9.55. The summed E-state index contributed by atoms with van der Waals surface area (Å²) in [5, 5.41) is 0. The highest BCUT2D eigenvalue weighted by Gasteiger charge is 2.08. The van der Waals surface area contributed by atoms with Crippen LogP contribution in [0.25, 0.3) is 22.4 Å². The molecule has 3 rings (SSSR count). The lowest BCUT2D eigenvalue weighted by Crippen LogP contribution is -1.92. The summed E-state index contributed by atoms with van der Waals surface area (Å²) in [5.74, 6) is -0.192. The van der Waals surface area contributed by atoms with Gasteiger partial charge in [-0.2, -0.15) is 0 Å². The fraction of sp³-hybridized carbons (Fsp3) is 0.292. The number of pyridine rings is 1. The van der Waals surface area contributed by atoms with Crippen molar-refractivity contribution in [3.05, 3.63) is 77.7 Å². The molecule has 0 unspecified atom stereocenters. The molecule has 0 N–H and O–H groups in total. The van der Waals surface area contributed by atoms with Gasteiger partial charge >= 0.3 is 0 Å². The van der Waals surface area contributed by atoms with Gasteiger partial charge in [0.15, 0.2) is 0 Å². The topological polar surface area (TPSA) is 12.9 Å². The minimum atomic E-state index is -0.192. The van der Waals surface area contributed by atoms with Crippen molar-refractivity contribution in [1.29, 1.82) is 0 Å². The van der Waals surface area contributed by atoms with E-state index in [1.54, 1.807) is 6.07 Å². The van der Waals surface area contributed by atoms with Crippen molar-refractivity contribution < 1.29 is 4.39 Å². The molecule has 1 heterocycles. The average molecular weight is 347 g/mol. The number of aryl methyl sites for hydroxylation is 2. The first-order valence-corrected chi connectivity index (χ1v) is 9.55. The summed E-state index contributed by atoms with van der Waals surface area (Å²) in [6.45, 7) is 4.33. The maximum atomic E-state index is 14.5. The number of rotatable bonds is 7. The van der Waals surface area contributed by atoms with Gasteiger partial charge in [0.1, 0.15) is 5.82 Å². The number of unbranched alkanes of at least 4 members (excludes halogenated alkanes) is 1. The summed E-state index contributed by atoms with van der Waals surface area (Å²) in [6.07, 6.45) is 7.21. The third-order valence-corrected chi connectivity index (χ3v) is 4.72. The Kier molecular flexibility index (Phi) is 6.17. The van der Waals surface area contributed by atoms with Gasteiger partial charge in [0.2, 0.25) is 0 Å². The molecule has 0 aliphatic rings. The largest absolute Gasteiger partial charge is 0.256 e. The van der Waals surface area contributed by atoms with Crippen LogP contribution in [0.3, 0.4) is 0 Å². The molecule has 0 aliphatic carbocycles. The van der Waals surface area contributed by atoms with Crippen molar-refractivity contribution in [2.24, 2.45) is 0 Å². The number of hydrogen-bond acceptors (Lipinski definition) is 1. The zero-order valence-electron chi connectivity index (χ0n) is 15.6. The quantitative estimate of drug-likeness (QED) is 0.455. The Morgan fingerprint density at radius 1 is 0.769 bits per heavy atom. The molecule has 2 heteroatoms. The highest BCUT2D eigenvalue weighted by molar-refractivity contribution is 5.67. The van der Waals surface area contributed by atoms with Crippen LogP contribution >= 0.6 is 0 Å². The summed E-state index contributed by atoms with van der Waals surface area (Å²) in [4.78, 5) is 4.50. The number of hydrogen-bond donors (Lipinski definition) is 0. The van der Waals surface area contributed by atoms with Gasteiger partial charge in [-0.1, -0.05) is 63.1 Å². The van der Waals surface area contributed by atoms with E-state index in [-0.39, 0.29) is 5.82 Å². The van der Waals surface area contributed by atoms with Gasteiger partial charge in [-0.15, -0.1) is 0 Å². The molecule has 0 bridgehead atoms. The second-order valence-corrected chi connectivity index (χ2v) is 6.80. The third kappa shape index (κ3) is 4.37. The van der Waals surface area contributed by atoms with Gasteiger partial charge in [0.05, 0.1) is 5.69 Å². The van der Waals surface area contributed by atoms with Gasteiger partial charge in [-0.05, 0) is 54.2 Å². The Balaban J connectivity index is 1.79. The lowest BCUT2D eigenvalue weighted by molar-refractivity contribution is 0.627. The fourth-order valence-corrected chi connectivity index (χ4v) is 3.18. The smallest absolute Gasteiger partial charge is 0.132 e. The van der Waals surface area contributed by atoms with Gasteiger partial charge < -0.3 is 0 Å². The van der Waals surface area contributed by atoms with Gasteiger partial charge in [0.25, 0.3) is 0 Å². The molecule has 1 nitrogen and oxygen atoms in total. The molecule has 134 valence electrons. The molecule has 0 radical (unpaired) electrons. The maximum absolute atomic E-state index is 14.5. The number of benzene rings is 2. The molecule has 0 fully saturated rings. The molecule has 1 aromatic heterocycles. The third-order valence-electron chi connectivity index (χ3n) is 4.72. The maximum Gasteiger partial charge on any atom is 0.132 e. The van der Waals surface area contributed by atoms with Crippen LogP contribution in [0, 0.1) is 5.82 Å². The predicted octanol–water partition coefficient (Wildman–Crippen LogP) is 6.85. The molecule has 0 saturated carbocycles. The molecular weight excluding hydrogens is 321 g/mol. The molecule has 0 spiro atoms. The Morgan fingerprint density at radius 2 is 1.50 bits per heavy atom. The van der Waals surface area contributed by atoms with E-state index < -0.39 is 0 Å². The Bertz CT molecular complexity index is 835. The second-order valence-electron chi connectivity index (χ2n) is 6.80. The monoisotopic (exact) mass is 347 g/mol. The first-order chi connectivity index (χ1) is 12.7. The summed E-state index contributed by atoms with van der Waals surface area (Å²) >= 11 is 0. The van der Waals surface area contributed by atoms with Crippen LogP contribution in [0.1, 0.15) is 44.2 Å². The number of nitrogens with zero attached hydrogens (tertiary/aromatic N) is 1. The van der Waals surface area contributed by atoms with Crippen molar-refractivity contribution in [2.45, 2.75) is 46.0 Å². The van der Waals surface area contributed by atoms with Gasteiger partial charge in [-0.25, -0.2) is 4.39 Å². The predicted molar refractivity (Wildman–Crippen MR) is 108 cm³/mol. The van der Waals surface area contributed by atoms with Crippen molar-refractivity contribution in [3.8, 4) is 22.4 Å². The van der Waals surface area contributed by atoms with Crippen LogP contribution < -0.4 is 0 Å². The molecule has 0 atom stereocenters. The van der Waals surface area contributed by atoms with Crippen LogP contribution in [-0.2, 0) is 12.8 Å². The summed E-state index contributed by atoms with van der Waals surface area (Å²) in [5.41, 5.74) is 5.84. The fourth-order valence-electron chi connectivity index (χ4n) is 3.18. The van der Waals surface area contributed by atoms with E-state index in [1.165, 1.54) is 5.56 Å². The lowest BCUT2D eigenvalue weighted by atomic mass is 10.0. The van der Waals surface area contributed by atoms with E-state index in [4.69, 9.17) is 0 Å². The van der Waals surface area contributed by atoms with Crippen LogP contribution in [0.4, 0.5) is 4.39 Å². The van der Waals surface area contributed by atoms with E-state index in [1.807, 2.05) is 30.5 Å². The molecule has 3 aromatic rings. The minimum absolute atomic E-state index is 0.192. The van der Waals surface area contributed by atoms with E-state index in [2.05, 4.69) is 43.1 Å². The summed E-state index contributed by atoms with van der Waals surface area (Å²) in [6, 6.07) is 18.0. The minimum Gasteiger partial charge on any atom is -0.256 e. The van der Waals surface area contributed by atoms with Crippen LogP contribution in [0.15, 0.2) is 60.8 Å². The lowest BCUT2D eigenvalue weighted by Gasteiger charge is -2.08. The Labute approximate surface area is 155 Å². The SMILES string of the molecule is CCCCc1ccc(-c2ccc(-c3ccc(CCC)cc3)cn2)c(F)c1. The molecule has 0 saturated heterocycles. The molecule has 0 aliphatic heterocycles. The van der Waals surface area contributed by atoms with E-state index in [0.29, 0.717) is 11.3 Å². The van der Waals surface area contributed by atoms with E-state index in [9.17, 15) is 4.39 Å². The highest BCUT2D eigenvalue weighted by Crippen LogP contribution is 2.26. The number of aromatic nitrogens is 1. The van der Waals surface area contributed by atoms with Gasteiger partial charge in [0, 0.05) is 17.3 Å². The van der Waals surface area contributed by atoms with Gasteiger partial charge in [-0.3, -0.25) is 4.98 Å². The van der Waals surface area contributed by atoms with E-state index in [0.717, 1.165) is 48.8 Å². The standard InChI is InChI=1S/C24H26FN/c1-3-5-7-19-10-14-22(23(25)16-19)24-15-13-21(17-26-24)20-11-8-18(6-4-2)9-12-20/h8-17H,3-7H2,1-2H3. The zero-order valence-corrected chi connectivity index (χ0v) is 15.6. The molecule has 2 aromatic carbocycles. The summed E-state index contributed by atoms with van der Waals surface area (Å²) < 4.78 is 14.5. The Morgan fingerprint density at radius 3 is 2.12 bits per heavy atom. The van der Waals surface area contributed by atoms with Crippen LogP contribution in [-0.4, -0.2) is 4.98 Å². The van der Waals surface area contributed by atoms with Crippen molar-refractivity contribution in [2.75, 3.05) is 0 Å². The molecule has 0 amide bonds. The summed E-state index contributed by atoms with van der Waals surface area (Å²) in [7, 11) is 0. The van der Waals surface area contributed by atoms with Crippen molar-refractivity contribution >= 4 is 0 Å². The average Bonchev–Trinajstić information content (AvgIpc) is 2.68. The van der Waals surface area contributed by atoms with Crippen molar-refractivity contribution in [3.63, 3.8) is 0 Å². The number of halogens is 1. The normalized spacial score (nSPS) is 10.9. The van der Waals surface area contributed by atoms with Crippen LogP contribution in [0.2, 0.25) is 0 Å². The Hall–Kier alpha value is -2.48. The molecular formula is C24H26FN. The first kappa shape index (κ1) is 18.3. The highest BCUT2D eigenvalue weighted by atomic mass is 19.1. The zero-order chi connectivity index (χ0) is 18.4.